The fourth-order valence-corrected chi connectivity index (χ4v) is 8.06. The zero-order valence-electron chi connectivity index (χ0n) is 21.8. The molecule has 0 aliphatic rings. The molecule has 3 rings (SSSR count). The third-order valence-electron chi connectivity index (χ3n) is 5.60. The Labute approximate surface area is 238 Å². The summed E-state index contributed by atoms with van der Waals surface area (Å²) in [5.41, 5.74) is 1.14. The van der Waals surface area contributed by atoms with Crippen molar-refractivity contribution in [2.75, 3.05) is 25.4 Å². The van der Waals surface area contributed by atoms with Gasteiger partial charge in [0.05, 0.1) is 12.4 Å². The Balaban J connectivity index is 1.79. The Morgan fingerprint density at radius 2 is 1.55 bits per heavy atom. The Kier molecular flexibility index (Phi) is 11.7. The molecule has 10 nitrogen and oxygen atoms in total. The molecule has 0 saturated carbocycles. The minimum Gasteiger partial charge on any atom is -0.465 e. The number of esters is 1. The summed E-state index contributed by atoms with van der Waals surface area (Å²) in [6, 6.07) is 23.4. The van der Waals surface area contributed by atoms with Crippen molar-refractivity contribution in [2.24, 2.45) is 0 Å². The molecule has 0 fully saturated rings. The van der Waals surface area contributed by atoms with Gasteiger partial charge in [0.2, 0.25) is 10.0 Å². The SMILES string of the molecule is CCOC(=O)CNP(=O)(c1ccccc1)[C@@H](NS(=O)(=O)CCNC(=O)OCc1ccccc1)c1ccc(Cl)cc1. The monoisotopic (exact) mass is 607 g/mol. The average molecular weight is 608 g/mol. The first-order chi connectivity index (χ1) is 19.1. The summed E-state index contributed by atoms with van der Waals surface area (Å²) in [6.45, 7) is 1.13. The lowest BCUT2D eigenvalue weighted by atomic mass is 10.2. The topological polar surface area (TPSA) is 140 Å². The van der Waals surface area contributed by atoms with E-state index in [9.17, 15) is 22.6 Å². The van der Waals surface area contributed by atoms with E-state index in [1.54, 1.807) is 73.7 Å². The number of halogens is 1. The molecule has 13 heteroatoms. The van der Waals surface area contributed by atoms with Gasteiger partial charge in [0, 0.05) is 16.9 Å². The first-order valence-electron chi connectivity index (χ1n) is 12.4. The highest BCUT2D eigenvalue weighted by Crippen LogP contribution is 2.53. The van der Waals surface area contributed by atoms with Crippen LogP contribution in [-0.4, -0.2) is 45.9 Å². The predicted molar refractivity (Wildman–Crippen MR) is 154 cm³/mol. The second kappa shape index (κ2) is 15.0. The molecule has 0 spiro atoms. The lowest BCUT2D eigenvalue weighted by molar-refractivity contribution is -0.141. The van der Waals surface area contributed by atoms with E-state index in [4.69, 9.17) is 21.1 Å². The van der Waals surface area contributed by atoms with E-state index < -0.39 is 47.5 Å². The molecular weight excluding hydrogens is 577 g/mol. The Morgan fingerprint density at radius 3 is 2.17 bits per heavy atom. The Morgan fingerprint density at radius 1 is 0.925 bits per heavy atom. The molecule has 1 amide bonds. The average Bonchev–Trinajstić information content (AvgIpc) is 2.95. The smallest absolute Gasteiger partial charge is 0.407 e. The second-order valence-electron chi connectivity index (χ2n) is 8.51. The summed E-state index contributed by atoms with van der Waals surface area (Å²) >= 11 is 6.04. The van der Waals surface area contributed by atoms with Gasteiger partial charge < -0.3 is 14.8 Å². The summed E-state index contributed by atoms with van der Waals surface area (Å²) in [4.78, 5) is 24.2. The maximum atomic E-state index is 14.6. The zero-order chi connectivity index (χ0) is 29.0. The molecular formula is C27H31ClN3O7PS. The zero-order valence-corrected chi connectivity index (χ0v) is 24.3. The summed E-state index contributed by atoms with van der Waals surface area (Å²) in [5, 5.41) is 5.88. The normalized spacial score (nSPS) is 13.6. The van der Waals surface area contributed by atoms with Gasteiger partial charge >= 0.3 is 12.1 Å². The number of sulfonamides is 1. The summed E-state index contributed by atoms with van der Waals surface area (Å²) in [5.74, 6) is -2.48. The number of hydrogen-bond donors (Lipinski definition) is 3. The van der Waals surface area contributed by atoms with E-state index in [1.807, 2.05) is 18.2 Å². The van der Waals surface area contributed by atoms with E-state index >= 15 is 0 Å². The minimum atomic E-state index is -4.12. The van der Waals surface area contributed by atoms with Gasteiger partial charge in [-0.15, -0.1) is 0 Å². The molecule has 40 heavy (non-hydrogen) atoms. The quantitative estimate of drug-likeness (QED) is 0.185. The molecule has 3 aromatic carbocycles. The van der Waals surface area contributed by atoms with Crippen LogP contribution in [0.3, 0.4) is 0 Å². The molecule has 0 bridgehead atoms. The van der Waals surface area contributed by atoms with Crippen LogP contribution in [0.2, 0.25) is 5.02 Å². The van der Waals surface area contributed by atoms with Crippen LogP contribution in [0.5, 0.6) is 0 Å². The number of amides is 1. The molecule has 0 aromatic heterocycles. The fraction of sp³-hybridized carbons (Fsp3) is 0.259. The fourth-order valence-electron chi connectivity index (χ4n) is 3.66. The van der Waals surface area contributed by atoms with Crippen molar-refractivity contribution in [3.63, 3.8) is 0 Å². The molecule has 2 atom stereocenters. The van der Waals surface area contributed by atoms with Gasteiger partial charge in [-0.25, -0.2) is 13.2 Å². The summed E-state index contributed by atoms with van der Waals surface area (Å²) in [7, 11) is -8.01. The molecule has 0 aliphatic heterocycles. The third-order valence-corrected chi connectivity index (χ3v) is 10.2. The standard InChI is InChI=1S/C27H31ClN3O7PS/c1-2-37-25(32)19-30-39(34,24-11-7-4-8-12-24)26(22-13-15-23(28)16-14-22)31-40(35,36)18-17-29-27(33)38-20-21-9-5-3-6-10-21/h3-16,26,31H,2,17-20H2,1H3,(H,29,33)(H,30,34)/t26-,39?/m1/s1. The van der Waals surface area contributed by atoms with Crippen LogP contribution in [0.4, 0.5) is 4.79 Å². The summed E-state index contributed by atoms with van der Waals surface area (Å²) < 4.78 is 53.6. The van der Waals surface area contributed by atoms with Crippen molar-refractivity contribution in [1.29, 1.82) is 0 Å². The van der Waals surface area contributed by atoms with E-state index in [1.165, 1.54) is 0 Å². The maximum Gasteiger partial charge on any atom is 0.407 e. The number of nitrogens with one attached hydrogen (secondary N) is 3. The van der Waals surface area contributed by atoms with Gasteiger partial charge in [-0.3, -0.25) is 14.4 Å². The number of benzene rings is 3. The van der Waals surface area contributed by atoms with Crippen molar-refractivity contribution in [3.8, 4) is 0 Å². The van der Waals surface area contributed by atoms with Gasteiger partial charge in [-0.05, 0) is 30.2 Å². The van der Waals surface area contributed by atoms with E-state index in [-0.39, 0.29) is 19.8 Å². The van der Waals surface area contributed by atoms with Crippen LogP contribution in [-0.2, 0) is 35.5 Å². The lowest BCUT2D eigenvalue weighted by Crippen LogP contribution is -2.40. The van der Waals surface area contributed by atoms with Crippen molar-refractivity contribution >= 4 is 46.3 Å². The van der Waals surface area contributed by atoms with Crippen molar-refractivity contribution < 1.29 is 32.0 Å². The van der Waals surface area contributed by atoms with Gasteiger partial charge in [0.1, 0.15) is 18.9 Å². The predicted octanol–water partition coefficient (Wildman–Crippen LogP) is 3.94. The largest absolute Gasteiger partial charge is 0.465 e. The van der Waals surface area contributed by atoms with Crippen LogP contribution < -0.4 is 20.4 Å². The Hall–Kier alpha value is -3.21. The van der Waals surface area contributed by atoms with Gasteiger partial charge in [-0.1, -0.05) is 84.4 Å². The Bertz CT molecular complexity index is 1410. The van der Waals surface area contributed by atoms with Crippen molar-refractivity contribution in [1.82, 2.24) is 15.1 Å². The molecule has 3 aromatic rings. The first-order valence-corrected chi connectivity index (χ1v) is 16.2. The van der Waals surface area contributed by atoms with Crippen molar-refractivity contribution in [3.05, 3.63) is 101 Å². The van der Waals surface area contributed by atoms with Gasteiger partial charge in [0.25, 0.3) is 0 Å². The van der Waals surface area contributed by atoms with Gasteiger partial charge in [0.15, 0.2) is 7.29 Å². The molecule has 214 valence electrons. The highest BCUT2D eigenvalue weighted by molar-refractivity contribution is 7.90. The van der Waals surface area contributed by atoms with Crippen LogP contribution in [0.25, 0.3) is 0 Å². The molecule has 1 unspecified atom stereocenters. The minimum absolute atomic E-state index is 0.0305. The number of alkyl carbamates (subject to hydrolysis) is 1. The van der Waals surface area contributed by atoms with E-state index in [0.29, 0.717) is 15.9 Å². The number of carbonyl (C=O) groups is 2. The number of carbonyl (C=O) groups excluding carboxylic acids is 2. The molecule has 0 radical (unpaired) electrons. The molecule has 0 heterocycles. The molecule has 0 saturated heterocycles. The van der Waals surface area contributed by atoms with Crippen LogP contribution >= 0.6 is 18.9 Å². The van der Waals surface area contributed by atoms with E-state index in [0.717, 1.165) is 5.56 Å². The van der Waals surface area contributed by atoms with Crippen LogP contribution in [0, 0.1) is 0 Å². The van der Waals surface area contributed by atoms with Crippen molar-refractivity contribution in [2.45, 2.75) is 19.3 Å². The van der Waals surface area contributed by atoms with Gasteiger partial charge in [-0.2, -0.15) is 4.72 Å². The second-order valence-corrected chi connectivity index (χ2v) is 13.5. The first kappa shape index (κ1) is 31.3. The number of ether oxygens (including phenoxy) is 2. The highest BCUT2D eigenvalue weighted by Gasteiger charge is 2.39. The summed E-state index contributed by atoms with van der Waals surface area (Å²) in [6.07, 6.45) is -0.778. The van der Waals surface area contributed by atoms with E-state index in [2.05, 4.69) is 15.1 Å². The number of hydrogen-bond acceptors (Lipinski definition) is 7. The molecule has 0 aliphatic carbocycles. The number of rotatable bonds is 14. The highest BCUT2D eigenvalue weighted by atomic mass is 35.5. The third kappa shape index (κ3) is 9.46. The maximum absolute atomic E-state index is 14.6. The molecule has 3 N–H and O–H groups in total. The van der Waals surface area contributed by atoms with Crippen LogP contribution in [0.15, 0.2) is 84.9 Å². The van der Waals surface area contributed by atoms with Crippen LogP contribution in [0.1, 0.15) is 23.8 Å². The lowest BCUT2D eigenvalue weighted by Gasteiger charge is -2.30.